The van der Waals surface area contributed by atoms with Gasteiger partial charge in [0, 0.05) is 13.7 Å². The quantitative estimate of drug-likeness (QED) is 0.632. The molecule has 0 radical (unpaired) electrons. The molecule has 0 heterocycles. The van der Waals surface area contributed by atoms with Crippen LogP contribution >= 0.6 is 12.2 Å². The minimum absolute atomic E-state index is 0.538. The van der Waals surface area contributed by atoms with Crippen molar-refractivity contribution in [3.8, 4) is 11.5 Å². The number of methoxy groups -OCH3 is 1. The highest BCUT2D eigenvalue weighted by molar-refractivity contribution is 7.80. The molecule has 5 heteroatoms. The molecule has 0 saturated carbocycles. The summed E-state index contributed by atoms with van der Waals surface area (Å²) >= 11 is 5.24. The van der Waals surface area contributed by atoms with Crippen molar-refractivity contribution in [2.45, 2.75) is 0 Å². The van der Waals surface area contributed by atoms with Crippen molar-refractivity contribution in [2.24, 2.45) is 0 Å². The van der Waals surface area contributed by atoms with E-state index in [9.17, 15) is 0 Å². The SMILES string of the molecule is COCCNC(=S)Nc1ccccc1Oc1ccccc1. The van der Waals surface area contributed by atoms with E-state index in [1.54, 1.807) is 7.11 Å². The minimum atomic E-state index is 0.538. The number of para-hydroxylation sites is 3. The Kier molecular flexibility index (Phi) is 5.99. The minimum Gasteiger partial charge on any atom is -0.455 e. The largest absolute Gasteiger partial charge is 0.455 e. The van der Waals surface area contributed by atoms with Crippen molar-refractivity contribution in [1.82, 2.24) is 5.32 Å². The van der Waals surface area contributed by atoms with Crippen LogP contribution in [0.1, 0.15) is 0 Å². The fourth-order valence-electron chi connectivity index (χ4n) is 1.71. The molecule has 0 atom stereocenters. The van der Waals surface area contributed by atoms with Gasteiger partial charge in [-0.2, -0.15) is 0 Å². The van der Waals surface area contributed by atoms with E-state index in [0.717, 1.165) is 17.2 Å². The molecule has 0 spiro atoms. The predicted molar refractivity (Wildman–Crippen MR) is 89.1 cm³/mol. The smallest absolute Gasteiger partial charge is 0.170 e. The molecule has 0 amide bonds. The third kappa shape index (κ3) is 5.06. The average molecular weight is 302 g/mol. The van der Waals surface area contributed by atoms with E-state index in [4.69, 9.17) is 21.7 Å². The average Bonchev–Trinajstić information content (AvgIpc) is 2.51. The van der Waals surface area contributed by atoms with Gasteiger partial charge in [0.1, 0.15) is 5.75 Å². The molecule has 4 nitrogen and oxygen atoms in total. The summed E-state index contributed by atoms with van der Waals surface area (Å²) in [7, 11) is 1.65. The molecule has 0 saturated heterocycles. The van der Waals surface area contributed by atoms with Gasteiger partial charge in [-0.05, 0) is 36.5 Å². The van der Waals surface area contributed by atoms with E-state index in [0.29, 0.717) is 18.3 Å². The fourth-order valence-corrected chi connectivity index (χ4v) is 1.92. The third-order valence-corrected chi connectivity index (χ3v) is 2.94. The normalized spacial score (nSPS) is 9.95. The highest BCUT2D eigenvalue weighted by Crippen LogP contribution is 2.28. The number of ether oxygens (including phenoxy) is 2. The third-order valence-electron chi connectivity index (χ3n) is 2.70. The van der Waals surface area contributed by atoms with Crippen molar-refractivity contribution in [2.75, 3.05) is 25.6 Å². The maximum absolute atomic E-state index is 5.86. The number of rotatable bonds is 6. The first-order valence-electron chi connectivity index (χ1n) is 6.65. The van der Waals surface area contributed by atoms with Crippen LogP contribution in [0.2, 0.25) is 0 Å². The zero-order chi connectivity index (χ0) is 14.9. The highest BCUT2D eigenvalue weighted by atomic mass is 32.1. The predicted octanol–water partition coefficient (Wildman–Crippen LogP) is 3.41. The van der Waals surface area contributed by atoms with Gasteiger partial charge in [-0.3, -0.25) is 0 Å². The summed E-state index contributed by atoms with van der Waals surface area (Å²) in [5, 5.41) is 6.73. The monoisotopic (exact) mass is 302 g/mol. The molecule has 0 fully saturated rings. The Balaban J connectivity index is 2.01. The molecule has 0 unspecified atom stereocenters. The summed E-state index contributed by atoms with van der Waals surface area (Å²) in [5.41, 5.74) is 0.816. The standard InChI is InChI=1S/C16H18N2O2S/c1-19-12-11-17-16(21)18-14-9-5-6-10-15(14)20-13-7-3-2-4-8-13/h2-10H,11-12H2,1H3,(H2,17,18,21). The second-order valence-electron chi connectivity index (χ2n) is 4.28. The van der Waals surface area contributed by atoms with E-state index in [1.807, 2.05) is 54.6 Å². The van der Waals surface area contributed by atoms with E-state index in [-0.39, 0.29) is 0 Å². The van der Waals surface area contributed by atoms with E-state index >= 15 is 0 Å². The van der Waals surface area contributed by atoms with Gasteiger partial charge in [0.25, 0.3) is 0 Å². The lowest BCUT2D eigenvalue weighted by molar-refractivity contribution is 0.204. The van der Waals surface area contributed by atoms with Crippen molar-refractivity contribution in [1.29, 1.82) is 0 Å². The number of hydrogen-bond donors (Lipinski definition) is 2. The molecule has 0 aliphatic carbocycles. The molecule has 21 heavy (non-hydrogen) atoms. The molecule has 0 aliphatic rings. The van der Waals surface area contributed by atoms with Crippen molar-refractivity contribution in [3.05, 3.63) is 54.6 Å². The Morgan fingerprint density at radius 2 is 1.76 bits per heavy atom. The first-order valence-corrected chi connectivity index (χ1v) is 7.06. The Morgan fingerprint density at radius 1 is 1.05 bits per heavy atom. The Bertz CT molecular complexity index is 575. The number of hydrogen-bond acceptors (Lipinski definition) is 3. The molecule has 110 valence electrons. The van der Waals surface area contributed by atoms with Crippen LogP contribution in [0, 0.1) is 0 Å². The molecule has 2 aromatic rings. The first kappa shape index (κ1) is 15.3. The zero-order valence-corrected chi connectivity index (χ0v) is 12.7. The van der Waals surface area contributed by atoms with Gasteiger partial charge in [-0.25, -0.2) is 0 Å². The van der Waals surface area contributed by atoms with E-state index in [2.05, 4.69) is 10.6 Å². The van der Waals surface area contributed by atoms with Gasteiger partial charge in [-0.1, -0.05) is 30.3 Å². The Morgan fingerprint density at radius 3 is 2.52 bits per heavy atom. The summed E-state index contributed by atoms with van der Waals surface area (Å²) in [4.78, 5) is 0. The van der Waals surface area contributed by atoms with E-state index in [1.165, 1.54) is 0 Å². The van der Waals surface area contributed by atoms with Gasteiger partial charge < -0.3 is 20.1 Å². The number of nitrogens with one attached hydrogen (secondary N) is 2. The number of thiocarbonyl (C=S) groups is 1. The molecule has 2 N–H and O–H groups in total. The summed E-state index contributed by atoms with van der Waals surface area (Å²) in [6, 6.07) is 17.3. The van der Waals surface area contributed by atoms with Crippen LogP contribution in [-0.2, 0) is 4.74 Å². The molecular weight excluding hydrogens is 284 g/mol. The van der Waals surface area contributed by atoms with Crippen LogP contribution in [0.5, 0.6) is 11.5 Å². The summed E-state index contributed by atoms with van der Waals surface area (Å²) < 4.78 is 10.8. The lowest BCUT2D eigenvalue weighted by Gasteiger charge is -2.14. The van der Waals surface area contributed by atoms with Crippen LogP contribution in [0.3, 0.4) is 0 Å². The van der Waals surface area contributed by atoms with E-state index < -0.39 is 0 Å². The lowest BCUT2D eigenvalue weighted by atomic mass is 10.3. The van der Waals surface area contributed by atoms with Crippen molar-refractivity contribution < 1.29 is 9.47 Å². The molecule has 2 rings (SSSR count). The lowest BCUT2D eigenvalue weighted by Crippen LogP contribution is -2.31. The molecule has 0 aromatic heterocycles. The summed E-state index contributed by atoms with van der Waals surface area (Å²) in [5.74, 6) is 1.50. The summed E-state index contributed by atoms with van der Waals surface area (Å²) in [6.45, 7) is 1.26. The molecule has 0 aliphatic heterocycles. The maximum Gasteiger partial charge on any atom is 0.170 e. The van der Waals surface area contributed by atoms with Crippen LogP contribution in [0.25, 0.3) is 0 Å². The van der Waals surface area contributed by atoms with Crippen LogP contribution in [-0.4, -0.2) is 25.4 Å². The fraction of sp³-hybridized carbons (Fsp3) is 0.188. The van der Waals surface area contributed by atoms with Crippen LogP contribution in [0.4, 0.5) is 5.69 Å². The molecule has 0 bridgehead atoms. The van der Waals surface area contributed by atoms with Gasteiger partial charge in [0.15, 0.2) is 10.9 Å². The van der Waals surface area contributed by atoms with Gasteiger partial charge in [0.05, 0.1) is 12.3 Å². The second-order valence-corrected chi connectivity index (χ2v) is 4.69. The molecule has 2 aromatic carbocycles. The van der Waals surface area contributed by atoms with Crippen LogP contribution < -0.4 is 15.4 Å². The summed E-state index contributed by atoms with van der Waals surface area (Å²) in [6.07, 6.45) is 0. The number of anilines is 1. The van der Waals surface area contributed by atoms with Gasteiger partial charge >= 0.3 is 0 Å². The Labute approximate surface area is 130 Å². The van der Waals surface area contributed by atoms with Crippen molar-refractivity contribution >= 4 is 23.0 Å². The van der Waals surface area contributed by atoms with Crippen LogP contribution in [0.15, 0.2) is 54.6 Å². The topological polar surface area (TPSA) is 42.5 Å². The zero-order valence-electron chi connectivity index (χ0n) is 11.8. The maximum atomic E-state index is 5.86. The van der Waals surface area contributed by atoms with Gasteiger partial charge in [0.2, 0.25) is 0 Å². The Hall–Kier alpha value is -2.11. The second kappa shape index (κ2) is 8.24. The molecular formula is C16H18N2O2S. The number of benzene rings is 2. The van der Waals surface area contributed by atoms with Crippen molar-refractivity contribution in [3.63, 3.8) is 0 Å². The van der Waals surface area contributed by atoms with Gasteiger partial charge in [-0.15, -0.1) is 0 Å². The highest BCUT2D eigenvalue weighted by Gasteiger charge is 2.05. The first-order chi connectivity index (χ1) is 10.3.